The normalized spacial score (nSPS) is 17.6. The molecule has 4 unspecified atom stereocenters. The van der Waals surface area contributed by atoms with Gasteiger partial charge in [0.25, 0.3) is 0 Å². The Morgan fingerprint density at radius 2 is 1.03 bits per heavy atom. The summed E-state index contributed by atoms with van der Waals surface area (Å²) in [5.41, 5.74) is 7.45. The number of aliphatic hydroxyl groups is 2. The Hall–Kier alpha value is -0.340. The van der Waals surface area contributed by atoms with Crippen molar-refractivity contribution in [2.24, 2.45) is 11.1 Å². The molecule has 0 aromatic rings. The Kier molecular flexibility index (Phi) is 24.6. The highest BCUT2D eigenvalue weighted by Crippen LogP contribution is 2.46. The molecule has 0 aliphatic rings. The zero-order valence-corrected chi connectivity index (χ0v) is 23.0. The quantitative estimate of drug-likeness (QED) is 0.0837. The number of aliphatic hydroxyl groups excluding tert-OH is 2. The molecule has 0 heterocycles. The van der Waals surface area contributed by atoms with E-state index in [1.807, 2.05) is 13.8 Å². The van der Waals surface area contributed by atoms with E-state index in [4.69, 9.17) is 5.73 Å². The average molecular weight is 499 g/mol. The molecule has 0 bridgehead atoms. The van der Waals surface area contributed by atoms with Crippen LogP contribution in [0.4, 0.5) is 9.41 Å². The van der Waals surface area contributed by atoms with Crippen LogP contribution in [0.2, 0.25) is 0 Å². The highest BCUT2D eigenvalue weighted by Gasteiger charge is 2.56. The summed E-state index contributed by atoms with van der Waals surface area (Å²) in [6.45, 7) is 9.68. The second kappa shape index (κ2) is 21.9. The minimum Gasteiger partial charge on any atom is -0.393 e. The van der Waals surface area contributed by atoms with Crippen molar-refractivity contribution >= 4 is 0 Å². The summed E-state index contributed by atoms with van der Waals surface area (Å²) in [6.07, 6.45) is 18.5. The van der Waals surface area contributed by atoms with Crippen molar-refractivity contribution in [3.63, 3.8) is 0 Å². The van der Waals surface area contributed by atoms with Gasteiger partial charge in [0.1, 0.15) is 0 Å². The van der Waals surface area contributed by atoms with Gasteiger partial charge >= 0.3 is 0 Å². The zero-order chi connectivity index (χ0) is 24.5. The molecule has 0 fully saturated rings. The Morgan fingerprint density at radius 3 is 1.29 bits per heavy atom. The molecule has 5 nitrogen and oxygen atoms in total. The van der Waals surface area contributed by atoms with Crippen molar-refractivity contribution in [3.8, 4) is 0 Å². The third kappa shape index (κ3) is 11.6. The molecule has 7 heteroatoms. The van der Waals surface area contributed by atoms with Crippen molar-refractivity contribution in [2.45, 2.75) is 168 Å². The number of rotatable bonds is 22. The Bertz CT molecular complexity index is 430. The van der Waals surface area contributed by atoms with E-state index >= 15 is 0 Å². The minimum atomic E-state index is -0.907. The summed E-state index contributed by atoms with van der Waals surface area (Å²) >= 11 is 0. The summed E-state index contributed by atoms with van der Waals surface area (Å²) in [7, 11) is 0. The zero-order valence-electron chi connectivity index (χ0n) is 23.0. The van der Waals surface area contributed by atoms with Crippen molar-refractivity contribution in [3.05, 3.63) is 0 Å². The molecular weight excluding hydrogens is 438 g/mol. The van der Waals surface area contributed by atoms with E-state index in [0.717, 1.165) is 12.8 Å². The van der Waals surface area contributed by atoms with Crippen LogP contribution < -0.4 is 11.2 Å². The van der Waals surface area contributed by atoms with Crippen LogP contribution in [-0.4, -0.2) is 39.2 Å². The Labute approximate surface area is 209 Å². The number of nitrogens with one attached hydrogen (secondary N) is 1. The van der Waals surface area contributed by atoms with Gasteiger partial charge in [-0.2, -0.15) is 0 Å². The van der Waals surface area contributed by atoms with Gasteiger partial charge in [0.05, 0.1) is 18.2 Å². The highest BCUT2D eigenvalue weighted by molar-refractivity contribution is 5.12. The second-order valence-corrected chi connectivity index (χ2v) is 10.2. The van der Waals surface area contributed by atoms with E-state index in [1.54, 1.807) is 13.8 Å². The molecular formula is C27H60F2N2O3. The molecule has 0 saturated heterocycles. The monoisotopic (exact) mass is 498 g/mol. The Balaban J connectivity index is -0.00000480. The molecule has 0 aliphatic carbocycles. The second-order valence-electron chi connectivity index (χ2n) is 10.2. The highest BCUT2D eigenvalue weighted by atomic mass is 19.0. The molecule has 6 N–H and O–H groups in total. The maximum absolute atomic E-state index is 10.8. The van der Waals surface area contributed by atoms with Crippen molar-refractivity contribution in [1.82, 2.24) is 5.48 Å². The lowest BCUT2D eigenvalue weighted by Gasteiger charge is -2.55. The van der Waals surface area contributed by atoms with Gasteiger partial charge in [-0.1, -0.05) is 111 Å². The molecule has 0 aromatic heterocycles. The third-order valence-electron chi connectivity index (χ3n) is 8.07. The lowest BCUT2D eigenvalue weighted by Crippen LogP contribution is -2.72. The average Bonchev–Trinajstić information content (AvgIpc) is 2.76. The first kappa shape index (κ1) is 38.2. The van der Waals surface area contributed by atoms with Gasteiger partial charge in [0.2, 0.25) is 0 Å². The first-order valence-electron chi connectivity index (χ1n) is 13.8. The van der Waals surface area contributed by atoms with Crippen LogP contribution in [-0.2, 0) is 0 Å². The topological polar surface area (TPSA) is 98.7 Å². The number of unbranched alkanes of at least 4 members (excludes halogenated alkanes) is 13. The fourth-order valence-corrected chi connectivity index (χ4v) is 5.86. The number of hydroxylamine groups is 1. The molecule has 0 aromatic carbocycles. The van der Waals surface area contributed by atoms with E-state index in [9.17, 15) is 15.4 Å². The van der Waals surface area contributed by atoms with E-state index in [1.165, 1.54) is 77.0 Å². The van der Waals surface area contributed by atoms with E-state index < -0.39 is 23.2 Å². The van der Waals surface area contributed by atoms with Crippen LogP contribution in [0.5, 0.6) is 0 Å². The van der Waals surface area contributed by atoms with Gasteiger partial charge in [-0.15, -0.1) is 0 Å². The fraction of sp³-hybridized carbons (Fsp3) is 1.00. The number of nitrogens with two attached hydrogens (primary N) is 1. The van der Waals surface area contributed by atoms with E-state index in [2.05, 4.69) is 12.4 Å². The van der Waals surface area contributed by atoms with Crippen LogP contribution in [0.15, 0.2) is 0 Å². The van der Waals surface area contributed by atoms with Gasteiger partial charge in [-0.25, -0.2) is 5.48 Å². The van der Waals surface area contributed by atoms with Gasteiger partial charge < -0.3 is 21.2 Å². The largest absolute Gasteiger partial charge is 0.393 e. The van der Waals surface area contributed by atoms with Gasteiger partial charge in [0.15, 0.2) is 0 Å². The van der Waals surface area contributed by atoms with Crippen molar-refractivity contribution in [1.29, 1.82) is 0 Å². The maximum Gasteiger partial charge on any atom is 0.0611 e. The summed E-state index contributed by atoms with van der Waals surface area (Å²) in [4.78, 5) is 0. The molecule has 34 heavy (non-hydrogen) atoms. The van der Waals surface area contributed by atoms with E-state index in [-0.39, 0.29) is 15.5 Å². The van der Waals surface area contributed by atoms with Crippen LogP contribution >= 0.6 is 0 Å². The predicted molar refractivity (Wildman–Crippen MR) is 142 cm³/mol. The van der Waals surface area contributed by atoms with Crippen LogP contribution in [0.25, 0.3) is 0 Å². The van der Waals surface area contributed by atoms with Gasteiger partial charge in [-0.05, 0) is 33.1 Å². The molecule has 0 radical (unpaired) electrons. The van der Waals surface area contributed by atoms with E-state index in [0.29, 0.717) is 19.3 Å². The maximum atomic E-state index is 10.8. The molecule has 0 aliphatic heterocycles. The molecule has 210 valence electrons. The summed E-state index contributed by atoms with van der Waals surface area (Å²) in [6, 6.07) is -0.386. The van der Waals surface area contributed by atoms with Gasteiger partial charge in [0, 0.05) is 11.0 Å². The minimum absolute atomic E-state index is 0. The third-order valence-corrected chi connectivity index (χ3v) is 8.07. The summed E-state index contributed by atoms with van der Waals surface area (Å²) < 4.78 is 0. The van der Waals surface area contributed by atoms with Crippen molar-refractivity contribution in [2.75, 3.05) is 0 Å². The predicted octanol–water partition coefficient (Wildman–Crippen LogP) is 6.78. The SMILES string of the molecule is CCCCCCCCCCCCCCCCC(C(C)O)(C(C)O)C(N)(CC)C(CC)NO.F.F. The van der Waals surface area contributed by atoms with Crippen LogP contribution in [0.1, 0.15) is 144 Å². The smallest absolute Gasteiger partial charge is 0.0611 e. The number of halogens is 2. The number of hydrogen-bond acceptors (Lipinski definition) is 5. The van der Waals surface area contributed by atoms with Gasteiger partial charge in [-0.3, -0.25) is 9.41 Å². The molecule has 0 amide bonds. The first-order chi connectivity index (χ1) is 15.3. The number of hydrogen-bond donors (Lipinski definition) is 5. The summed E-state index contributed by atoms with van der Waals surface area (Å²) in [5.74, 6) is 0. The van der Waals surface area contributed by atoms with Crippen molar-refractivity contribution < 1.29 is 24.8 Å². The van der Waals surface area contributed by atoms with Crippen LogP contribution in [0.3, 0.4) is 0 Å². The first-order valence-corrected chi connectivity index (χ1v) is 13.8. The molecule has 4 atom stereocenters. The van der Waals surface area contributed by atoms with Crippen LogP contribution in [0, 0.1) is 5.41 Å². The Morgan fingerprint density at radius 1 is 0.676 bits per heavy atom. The lowest BCUT2D eigenvalue weighted by atomic mass is 9.56. The molecule has 0 rings (SSSR count). The molecule has 0 spiro atoms. The fourth-order valence-electron chi connectivity index (χ4n) is 5.86. The molecule has 0 saturated carbocycles. The lowest BCUT2D eigenvalue weighted by molar-refractivity contribution is -0.132. The summed E-state index contributed by atoms with van der Waals surface area (Å²) in [5, 5.41) is 31.3. The standard InChI is InChI=1S/C27H58N2O3.2FH/c1-6-9-10-11-12-13-14-15-16-17-18-19-20-21-22-26(23(4)30,24(5)31)27(28,8-3)25(7-2)29-32;;/h23-25,29-32H,6-22,28H2,1-5H3;2*1H.